The van der Waals surface area contributed by atoms with E-state index in [0.29, 0.717) is 11.5 Å². The highest BCUT2D eigenvalue weighted by Crippen LogP contribution is 2.32. The molecule has 0 aliphatic carbocycles. The predicted octanol–water partition coefficient (Wildman–Crippen LogP) is 2.28. The molecule has 1 aromatic heterocycles. The molecular weight excluding hydrogens is 316 g/mol. The second kappa shape index (κ2) is 6.45. The maximum atomic E-state index is 12.5. The molecule has 2 N–H and O–H groups in total. The number of carbonyl (C=O) groups is 1. The van der Waals surface area contributed by atoms with Gasteiger partial charge >= 0.3 is 0 Å². The molecule has 0 bridgehead atoms. The Balaban J connectivity index is 1.64. The van der Waals surface area contributed by atoms with E-state index in [1.54, 1.807) is 18.3 Å². The van der Waals surface area contributed by atoms with Gasteiger partial charge in [-0.05, 0) is 37.2 Å². The SMILES string of the molecule is CN1CC=C(c2cnc3ccc(C(=O)Nc4ccncn4)[nH]c2-3)CC1. The monoisotopic (exact) mass is 334 g/mol. The summed E-state index contributed by atoms with van der Waals surface area (Å²) in [6.07, 6.45) is 8.06. The van der Waals surface area contributed by atoms with Crippen LogP contribution in [-0.4, -0.2) is 50.9 Å². The third-order valence-corrected chi connectivity index (χ3v) is 4.35. The first-order chi connectivity index (χ1) is 12.2. The molecule has 7 nitrogen and oxygen atoms in total. The second-order valence-corrected chi connectivity index (χ2v) is 6.09. The molecule has 3 aliphatic rings. The van der Waals surface area contributed by atoms with Crippen molar-refractivity contribution >= 4 is 17.3 Å². The van der Waals surface area contributed by atoms with Crippen molar-refractivity contribution < 1.29 is 4.79 Å². The molecule has 0 unspecified atom stereocenters. The number of carbonyl (C=O) groups excluding carboxylic acids is 1. The van der Waals surface area contributed by atoms with Gasteiger partial charge in [0.15, 0.2) is 0 Å². The van der Waals surface area contributed by atoms with Crippen molar-refractivity contribution in [1.82, 2.24) is 24.8 Å². The van der Waals surface area contributed by atoms with Crippen LogP contribution in [0.3, 0.4) is 0 Å². The Kier molecular flexibility index (Phi) is 3.99. The fraction of sp³-hybridized carbons (Fsp3) is 0.222. The van der Waals surface area contributed by atoms with Gasteiger partial charge < -0.3 is 15.2 Å². The van der Waals surface area contributed by atoms with Crippen LogP contribution in [0.2, 0.25) is 0 Å². The summed E-state index contributed by atoms with van der Waals surface area (Å²) in [6.45, 7) is 1.95. The minimum atomic E-state index is -0.245. The van der Waals surface area contributed by atoms with Crippen LogP contribution in [0.4, 0.5) is 5.82 Å². The van der Waals surface area contributed by atoms with Gasteiger partial charge in [0.1, 0.15) is 17.8 Å². The van der Waals surface area contributed by atoms with E-state index >= 15 is 0 Å². The van der Waals surface area contributed by atoms with Crippen molar-refractivity contribution in [3.63, 3.8) is 0 Å². The Morgan fingerprint density at radius 3 is 2.96 bits per heavy atom. The van der Waals surface area contributed by atoms with Gasteiger partial charge in [0.2, 0.25) is 0 Å². The molecule has 0 saturated heterocycles. The fourth-order valence-corrected chi connectivity index (χ4v) is 2.94. The van der Waals surface area contributed by atoms with Gasteiger partial charge in [-0.15, -0.1) is 0 Å². The number of hydrogen-bond acceptors (Lipinski definition) is 5. The van der Waals surface area contributed by atoms with Gasteiger partial charge in [-0.25, -0.2) is 9.97 Å². The highest BCUT2D eigenvalue weighted by molar-refractivity contribution is 6.03. The number of pyridine rings is 1. The van der Waals surface area contributed by atoms with E-state index in [-0.39, 0.29) is 5.91 Å². The normalized spacial score (nSPS) is 15.2. The standard InChI is InChI=1S/C18H18N6O/c1-24-8-5-12(6-9-24)13-10-20-14-2-3-15(22-17(13)14)18(25)23-16-4-7-19-11-21-16/h2-5,7,10-11,22H,6,8-9H2,1H3,(H,19,21,23,25). The maximum Gasteiger partial charge on any atom is 0.273 e. The maximum absolute atomic E-state index is 12.5. The zero-order chi connectivity index (χ0) is 17.2. The Morgan fingerprint density at radius 2 is 2.20 bits per heavy atom. The second-order valence-electron chi connectivity index (χ2n) is 6.09. The van der Waals surface area contributed by atoms with Gasteiger partial charge in [0.25, 0.3) is 5.91 Å². The minimum Gasteiger partial charge on any atom is -0.349 e. The number of aromatic amines is 1. The van der Waals surface area contributed by atoms with E-state index in [1.807, 2.05) is 12.3 Å². The molecule has 7 heteroatoms. The van der Waals surface area contributed by atoms with Crippen molar-refractivity contribution in [1.29, 1.82) is 0 Å². The molecule has 1 aromatic rings. The van der Waals surface area contributed by atoms with E-state index in [4.69, 9.17) is 0 Å². The molecule has 0 radical (unpaired) electrons. The van der Waals surface area contributed by atoms with E-state index < -0.39 is 0 Å². The van der Waals surface area contributed by atoms with Crippen LogP contribution in [0.5, 0.6) is 0 Å². The quantitative estimate of drug-likeness (QED) is 0.767. The topological polar surface area (TPSA) is 86.8 Å². The average Bonchev–Trinajstić information content (AvgIpc) is 3.06. The summed E-state index contributed by atoms with van der Waals surface area (Å²) >= 11 is 0. The summed E-state index contributed by atoms with van der Waals surface area (Å²) < 4.78 is 0. The zero-order valence-corrected chi connectivity index (χ0v) is 13.9. The van der Waals surface area contributed by atoms with E-state index in [2.05, 4.69) is 43.3 Å². The smallest absolute Gasteiger partial charge is 0.273 e. The number of anilines is 1. The predicted molar refractivity (Wildman–Crippen MR) is 95.3 cm³/mol. The Hall–Kier alpha value is -3.06. The first-order valence-electron chi connectivity index (χ1n) is 8.14. The number of fused-ring (bicyclic) bond motifs is 1. The Labute approximate surface area is 145 Å². The molecule has 3 aliphatic heterocycles. The molecule has 0 aromatic carbocycles. The minimum absolute atomic E-state index is 0.245. The Morgan fingerprint density at radius 1 is 1.28 bits per heavy atom. The van der Waals surface area contributed by atoms with Crippen LogP contribution < -0.4 is 5.32 Å². The lowest BCUT2D eigenvalue weighted by Gasteiger charge is -2.22. The molecule has 25 heavy (non-hydrogen) atoms. The summed E-state index contributed by atoms with van der Waals surface area (Å²) in [6, 6.07) is 5.24. The van der Waals surface area contributed by atoms with Crippen molar-refractivity contribution in [2.45, 2.75) is 6.42 Å². The van der Waals surface area contributed by atoms with Gasteiger partial charge in [-0.3, -0.25) is 9.78 Å². The van der Waals surface area contributed by atoms with Crippen LogP contribution in [0, 0.1) is 0 Å². The number of hydrogen-bond donors (Lipinski definition) is 2. The van der Waals surface area contributed by atoms with E-state index in [0.717, 1.165) is 36.5 Å². The summed E-state index contributed by atoms with van der Waals surface area (Å²) in [5.41, 5.74) is 4.55. The van der Waals surface area contributed by atoms with E-state index in [9.17, 15) is 4.79 Å². The highest BCUT2D eigenvalue weighted by Gasteiger charge is 2.19. The molecule has 0 spiro atoms. The third kappa shape index (κ3) is 3.14. The van der Waals surface area contributed by atoms with E-state index in [1.165, 1.54) is 11.9 Å². The lowest BCUT2D eigenvalue weighted by molar-refractivity contribution is 0.102. The zero-order valence-electron chi connectivity index (χ0n) is 13.9. The van der Waals surface area contributed by atoms with Crippen LogP contribution in [-0.2, 0) is 0 Å². The summed E-state index contributed by atoms with van der Waals surface area (Å²) in [5.74, 6) is 0.220. The van der Waals surface area contributed by atoms with Gasteiger partial charge in [-0.1, -0.05) is 6.08 Å². The number of likely N-dealkylation sites (N-methyl/N-ethyl adjacent to an activating group) is 1. The van der Waals surface area contributed by atoms with Crippen LogP contribution in [0.25, 0.3) is 17.0 Å². The number of amides is 1. The van der Waals surface area contributed by atoms with Crippen molar-refractivity contribution in [3.8, 4) is 11.4 Å². The fourth-order valence-electron chi connectivity index (χ4n) is 2.94. The van der Waals surface area contributed by atoms with Gasteiger partial charge in [-0.2, -0.15) is 0 Å². The first kappa shape index (κ1) is 15.5. The number of nitrogens with zero attached hydrogens (tertiary/aromatic N) is 4. The number of aromatic nitrogens is 4. The van der Waals surface area contributed by atoms with Gasteiger partial charge in [0, 0.05) is 31.0 Å². The largest absolute Gasteiger partial charge is 0.349 e. The van der Waals surface area contributed by atoms with Crippen LogP contribution in [0.15, 0.2) is 43.0 Å². The van der Waals surface area contributed by atoms with Crippen molar-refractivity contribution in [3.05, 3.63) is 54.3 Å². The molecule has 0 atom stereocenters. The summed E-state index contributed by atoms with van der Waals surface area (Å²) in [7, 11) is 2.11. The molecule has 4 rings (SSSR count). The lowest BCUT2D eigenvalue weighted by Crippen LogP contribution is -2.23. The molecule has 4 heterocycles. The third-order valence-electron chi connectivity index (χ3n) is 4.35. The van der Waals surface area contributed by atoms with Crippen LogP contribution in [0.1, 0.15) is 22.5 Å². The van der Waals surface area contributed by atoms with Crippen LogP contribution >= 0.6 is 0 Å². The number of nitrogens with one attached hydrogen (secondary N) is 2. The Bertz CT molecular complexity index is 901. The summed E-state index contributed by atoms with van der Waals surface area (Å²) in [4.78, 5) is 30.3. The molecule has 0 saturated carbocycles. The highest BCUT2D eigenvalue weighted by atomic mass is 16.1. The van der Waals surface area contributed by atoms with Crippen molar-refractivity contribution in [2.75, 3.05) is 25.5 Å². The number of rotatable bonds is 3. The van der Waals surface area contributed by atoms with Gasteiger partial charge in [0.05, 0.1) is 11.4 Å². The molecular formula is C18H18N6O. The lowest BCUT2D eigenvalue weighted by atomic mass is 9.99. The number of H-pyrrole nitrogens is 1. The average molecular weight is 334 g/mol. The van der Waals surface area contributed by atoms with Crippen molar-refractivity contribution in [2.24, 2.45) is 0 Å². The first-order valence-corrected chi connectivity index (χ1v) is 8.14. The molecule has 0 fully saturated rings. The molecule has 1 amide bonds. The summed E-state index contributed by atoms with van der Waals surface area (Å²) in [5, 5.41) is 2.76. The molecule has 126 valence electrons.